The van der Waals surface area contributed by atoms with Gasteiger partial charge in [0.25, 0.3) is 0 Å². The van der Waals surface area contributed by atoms with Crippen LogP contribution in [-0.2, 0) is 16.4 Å². The van der Waals surface area contributed by atoms with E-state index >= 15 is 0 Å². The lowest BCUT2D eigenvalue weighted by Crippen LogP contribution is -2.41. The maximum atomic E-state index is 11.8. The second-order valence-corrected chi connectivity index (χ2v) is 9.82. The number of sulfone groups is 1. The number of nitrogens with zero attached hydrogens (tertiary/aromatic N) is 2. The number of guanidine groups is 1. The van der Waals surface area contributed by atoms with Crippen LogP contribution in [0.3, 0.4) is 0 Å². The average molecular weight is 431 g/mol. The second kappa shape index (κ2) is 10.6. The van der Waals surface area contributed by atoms with Gasteiger partial charge in [0.1, 0.15) is 0 Å². The number of benzene rings is 2. The smallest absolute Gasteiger partial charge is 0.191 e. The van der Waals surface area contributed by atoms with Gasteiger partial charge in [0.2, 0.25) is 0 Å². The van der Waals surface area contributed by atoms with Crippen LogP contribution < -0.4 is 10.6 Å². The number of nitrogens with one attached hydrogen (secondary N) is 2. The van der Waals surface area contributed by atoms with Crippen LogP contribution in [0.15, 0.2) is 52.4 Å². The Labute approximate surface area is 181 Å². The largest absolute Gasteiger partial charge is 0.357 e. The molecule has 2 rings (SSSR count). The Morgan fingerprint density at radius 3 is 2.27 bits per heavy atom. The summed E-state index contributed by atoms with van der Waals surface area (Å²) in [5.74, 6) is 0.737. The van der Waals surface area contributed by atoms with E-state index in [9.17, 15) is 8.42 Å². The van der Waals surface area contributed by atoms with Gasteiger partial charge in [0.15, 0.2) is 15.8 Å². The minimum atomic E-state index is -3.21. The van der Waals surface area contributed by atoms with Gasteiger partial charge < -0.3 is 15.5 Å². The van der Waals surface area contributed by atoms with Crippen LogP contribution in [0.4, 0.5) is 0 Å². The van der Waals surface area contributed by atoms with Crippen LogP contribution in [0.25, 0.3) is 0 Å². The number of hydrogen-bond donors (Lipinski definition) is 2. The van der Waals surface area contributed by atoms with Crippen LogP contribution in [0.5, 0.6) is 0 Å². The van der Waals surface area contributed by atoms with Crippen molar-refractivity contribution in [1.82, 2.24) is 15.5 Å². The van der Waals surface area contributed by atoms with E-state index in [1.165, 1.54) is 17.4 Å². The minimum Gasteiger partial charge on any atom is -0.357 e. The van der Waals surface area contributed by atoms with E-state index in [0.717, 1.165) is 23.6 Å². The van der Waals surface area contributed by atoms with Gasteiger partial charge in [-0.25, -0.2) is 13.4 Å². The third-order valence-electron chi connectivity index (χ3n) is 4.95. The third-order valence-corrected chi connectivity index (χ3v) is 6.21. The molecule has 2 N–H and O–H groups in total. The van der Waals surface area contributed by atoms with Gasteiger partial charge in [-0.15, -0.1) is 0 Å². The summed E-state index contributed by atoms with van der Waals surface area (Å²) < 4.78 is 23.6. The van der Waals surface area contributed by atoms with E-state index in [1.807, 2.05) is 26.0 Å². The fourth-order valence-corrected chi connectivity index (χ4v) is 4.28. The quantitative estimate of drug-likeness (QED) is 0.497. The number of hydrogen-bond acceptors (Lipinski definition) is 4. The SMILES string of the molecule is CCNC(=NCc1ccc(S(C)(=O)=O)c(C)c1)NCC(c1ccc(C)cc1)N(C)C. The lowest BCUT2D eigenvalue weighted by atomic mass is 10.0. The Morgan fingerprint density at radius 2 is 1.73 bits per heavy atom. The number of aliphatic imine (C=N–C) groups is 1. The molecule has 164 valence electrons. The third kappa shape index (κ3) is 6.85. The summed E-state index contributed by atoms with van der Waals surface area (Å²) in [6, 6.07) is 14.2. The van der Waals surface area contributed by atoms with E-state index in [2.05, 4.69) is 65.8 Å². The first-order valence-electron chi connectivity index (χ1n) is 10.2. The van der Waals surface area contributed by atoms with E-state index in [4.69, 9.17) is 0 Å². The second-order valence-electron chi connectivity index (χ2n) is 7.84. The Hall–Kier alpha value is -2.38. The van der Waals surface area contributed by atoms with Gasteiger partial charge in [0, 0.05) is 19.3 Å². The molecular weight excluding hydrogens is 396 g/mol. The highest BCUT2D eigenvalue weighted by atomic mass is 32.2. The van der Waals surface area contributed by atoms with Gasteiger partial charge >= 0.3 is 0 Å². The summed E-state index contributed by atoms with van der Waals surface area (Å²) >= 11 is 0. The fraction of sp³-hybridized carbons (Fsp3) is 0.435. The predicted molar refractivity (Wildman–Crippen MR) is 125 cm³/mol. The lowest BCUT2D eigenvalue weighted by Gasteiger charge is -2.26. The maximum Gasteiger partial charge on any atom is 0.191 e. The molecule has 2 aromatic rings. The summed E-state index contributed by atoms with van der Waals surface area (Å²) in [4.78, 5) is 7.24. The summed E-state index contributed by atoms with van der Waals surface area (Å²) in [5.41, 5.74) is 4.22. The van der Waals surface area contributed by atoms with Crippen LogP contribution >= 0.6 is 0 Å². The van der Waals surface area contributed by atoms with Crippen molar-refractivity contribution in [3.8, 4) is 0 Å². The van der Waals surface area contributed by atoms with Crippen LogP contribution in [-0.4, -0.2) is 52.7 Å². The normalized spacial score (nSPS) is 13.4. The number of likely N-dealkylation sites (N-methyl/N-ethyl adjacent to an activating group) is 1. The maximum absolute atomic E-state index is 11.8. The molecule has 1 atom stereocenters. The molecule has 0 bridgehead atoms. The monoisotopic (exact) mass is 430 g/mol. The molecule has 1 unspecified atom stereocenters. The van der Waals surface area contributed by atoms with Crippen molar-refractivity contribution in [2.75, 3.05) is 33.4 Å². The highest BCUT2D eigenvalue weighted by Gasteiger charge is 2.15. The Bertz CT molecular complexity index is 967. The fourth-order valence-electron chi connectivity index (χ4n) is 3.32. The predicted octanol–water partition coefficient (Wildman–Crippen LogP) is 3.06. The molecule has 0 saturated heterocycles. The Balaban J connectivity index is 2.11. The zero-order chi connectivity index (χ0) is 22.3. The molecule has 0 aromatic heterocycles. The van der Waals surface area contributed by atoms with Crippen molar-refractivity contribution in [3.05, 3.63) is 64.7 Å². The zero-order valence-electron chi connectivity index (χ0n) is 18.9. The van der Waals surface area contributed by atoms with Gasteiger partial charge in [-0.05, 0) is 57.6 Å². The van der Waals surface area contributed by atoms with Crippen LogP contribution in [0.2, 0.25) is 0 Å². The molecule has 0 saturated carbocycles. The molecule has 0 aliphatic heterocycles. The van der Waals surface area contributed by atoms with Crippen LogP contribution in [0.1, 0.15) is 35.2 Å². The van der Waals surface area contributed by atoms with Gasteiger partial charge in [0.05, 0.1) is 17.5 Å². The van der Waals surface area contributed by atoms with Crippen molar-refractivity contribution in [3.63, 3.8) is 0 Å². The number of rotatable bonds is 8. The molecule has 0 radical (unpaired) electrons. The molecule has 0 spiro atoms. The molecule has 0 heterocycles. The topological polar surface area (TPSA) is 73.8 Å². The van der Waals surface area contributed by atoms with Crippen molar-refractivity contribution in [1.29, 1.82) is 0 Å². The molecule has 0 amide bonds. The first kappa shape index (κ1) is 23.9. The first-order valence-corrected chi connectivity index (χ1v) is 12.1. The molecule has 30 heavy (non-hydrogen) atoms. The average Bonchev–Trinajstić information content (AvgIpc) is 2.66. The van der Waals surface area contributed by atoms with Gasteiger partial charge in [-0.2, -0.15) is 0 Å². The first-order chi connectivity index (χ1) is 14.1. The summed E-state index contributed by atoms with van der Waals surface area (Å²) in [6.45, 7) is 7.88. The zero-order valence-corrected chi connectivity index (χ0v) is 19.7. The van der Waals surface area contributed by atoms with Crippen molar-refractivity contribution >= 4 is 15.8 Å². The lowest BCUT2D eigenvalue weighted by molar-refractivity contribution is 0.298. The molecule has 7 heteroatoms. The van der Waals surface area contributed by atoms with E-state index in [1.54, 1.807) is 6.07 Å². The molecule has 0 aliphatic rings. The molecule has 0 fully saturated rings. The van der Waals surface area contributed by atoms with Gasteiger partial charge in [-0.3, -0.25) is 0 Å². The highest BCUT2D eigenvalue weighted by molar-refractivity contribution is 7.90. The standard InChI is InChI=1S/C23H34N4O2S/c1-7-24-23(25-15-19-10-13-22(18(3)14-19)30(6,28)29)26-16-21(27(4)5)20-11-8-17(2)9-12-20/h8-14,21H,7,15-16H2,1-6H3,(H2,24,25,26). The molecule has 6 nitrogen and oxygen atoms in total. The highest BCUT2D eigenvalue weighted by Crippen LogP contribution is 2.19. The molecule has 2 aromatic carbocycles. The van der Waals surface area contributed by atoms with Crippen LogP contribution in [0, 0.1) is 13.8 Å². The van der Waals surface area contributed by atoms with Crippen molar-refractivity contribution in [2.45, 2.75) is 38.3 Å². The molecular formula is C23H34N4O2S. The van der Waals surface area contributed by atoms with E-state index in [-0.39, 0.29) is 6.04 Å². The summed E-state index contributed by atoms with van der Waals surface area (Å²) in [6.07, 6.45) is 1.23. The van der Waals surface area contributed by atoms with Crippen molar-refractivity contribution < 1.29 is 8.42 Å². The van der Waals surface area contributed by atoms with Gasteiger partial charge in [-0.1, -0.05) is 42.0 Å². The summed E-state index contributed by atoms with van der Waals surface area (Å²) in [7, 11) is 0.933. The molecule has 0 aliphatic carbocycles. The number of aryl methyl sites for hydroxylation is 2. The summed E-state index contributed by atoms with van der Waals surface area (Å²) in [5, 5.41) is 6.72. The Kier molecular flexibility index (Phi) is 8.43. The van der Waals surface area contributed by atoms with E-state index < -0.39 is 9.84 Å². The van der Waals surface area contributed by atoms with Crippen molar-refractivity contribution in [2.24, 2.45) is 4.99 Å². The Morgan fingerprint density at radius 1 is 1.07 bits per heavy atom. The van der Waals surface area contributed by atoms with E-state index in [0.29, 0.717) is 18.0 Å². The minimum absolute atomic E-state index is 0.214.